The van der Waals surface area contributed by atoms with Crippen LogP contribution in [-0.4, -0.2) is 149 Å². The largest absolute Gasteiger partial charge is 0.394 e. The molecule has 0 saturated carbocycles. The van der Waals surface area contributed by atoms with Crippen LogP contribution >= 0.6 is 0 Å². The second-order valence-electron chi connectivity index (χ2n) is 13.8. The molecule has 0 radical (unpaired) electrons. The summed E-state index contributed by atoms with van der Waals surface area (Å²) >= 11 is 0. The normalized spacial score (nSPS) is 31.9. The molecule has 3 saturated heterocycles. The summed E-state index contributed by atoms with van der Waals surface area (Å²) in [6, 6.07) is 13.2. The molecular weight excluding hydrogens is 674 g/mol. The van der Waals surface area contributed by atoms with E-state index in [2.05, 4.69) is 28.8 Å². The topological polar surface area (TPSA) is 218 Å². The number of ether oxygens (including phenoxy) is 2. The average molecular weight is 716 g/mol. The Morgan fingerprint density at radius 1 is 0.750 bits per heavy atom. The van der Waals surface area contributed by atoms with Crippen LogP contribution in [0.5, 0.6) is 0 Å². The van der Waals surface area contributed by atoms with Crippen molar-refractivity contribution >= 4 is 5.91 Å². The fraction of sp³-hybridized carbons (Fsp3) is 0.474. The minimum absolute atomic E-state index is 0.160. The summed E-state index contributed by atoms with van der Waals surface area (Å²) in [5, 5.41) is 85.3. The Morgan fingerprint density at radius 3 is 1.65 bits per heavy atom. The molecule has 8 N–H and O–H groups in total. The van der Waals surface area contributed by atoms with Crippen molar-refractivity contribution in [2.24, 2.45) is 7.05 Å². The number of likely N-dealkylation sites (tertiary alicyclic amines) is 1. The van der Waals surface area contributed by atoms with Gasteiger partial charge in [0, 0.05) is 42.9 Å². The lowest BCUT2D eigenvalue weighted by atomic mass is 9.70. The molecule has 3 fully saturated rings. The van der Waals surface area contributed by atoms with Gasteiger partial charge in [-0.1, -0.05) is 35.8 Å². The lowest BCUT2D eigenvalue weighted by Crippen LogP contribution is -2.58. The van der Waals surface area contributed by atoms with Gasteiger partial charge in [0.25, 0.3) is 5.91 Å². The van der Waals surface area contributed by atoms with Crippen LogP contribution in [-0.2, 0) is 21.9 Å². The van der Waals surface area contributed by atoms with E-state index in [1.54, 1.807) is 28.9 Å². The molecule has 14 nitrogen and oxygen atoms in total. The van der Waals surface area contributed by atoms with E-state index in [9.17, 15) is 45.6 Å². The highest BCUT2D eigenvalue weighted by Crippen LogP contribution is 2.54. The summed E-state index contributed by atoms with van der Waals surface area (Å²) in [4.78, 5) is 15.2. The number of aryl methyl sites for hydroxylation is 1. The van der Waals surface area contributed by atoms with E-state index in [1.807, 2.05) is 36.4 Å². The molecule has 7 rings (SSSR count). The molecular formula is C38H41N3O11. The number of piperidine rings is 1. The minimum atomic E-state index is -1.54. The highest BCUT2D eigenvalue weighted by Gasteiger charge is 2.47. The van der Waals surface area contributed by atoms with Gasteiger partial charge in [-0.05, 0) is 65.4 Å². The van der Waals surface area contributed by atoms with Gasteiger partial charge >= 0.3 is 0 Å². The Balaban J connectivity index is 1.22. The van der Waals surface area contributed by atoms with Crippen molar-refractivity contribution < 1.29 is 55.1 Å². The summed E-state index contributed by atoms with van der Waals surface area (Å²) in [7, 11) is 1.75. The molecule has 1 amide bonds. The lowest BCUT2D eigenvalue weighted by Gasteiger charge is -2.41. The minimum Gasteiger partial charge on any atom is -0.394 e. The quantitative estimate of drug-likeness (QED) is 0.138. The first-order chi connectivity index (χ1) is 24.9. The molecule has 274 valence electrons. The van der Waals surface area contributed by atoms with Gasteiger partial charge < -0.3 is 55.2 Å². The first kappa shape index (κ1) is 36.2. The zero-order valence-electron chi connectivity index (χ0n) is 28.3. The van der Waals surface area contributed by atoms with Crippen LogP contribution < -0.4 is 0 Å². The number of aliphatic hydroxyl groups excluding tert-OH is 8. The number of fused-ring (bicyclic) bond motifs is 5. The van der Waals surface area contributed by atoms with E-state index in [-0.39, 0.29) is 5.91 Å². The zero-order chi connectivity index (χ0) is 36.9. The summed E-state index contributed by atoms with van der Waals surface area (Å²) in [6.07, 6.45) is -10.6. The third kappa shape index (κ3) is 6.31. The van der Waals surface area contributed by atoms with E-state index >= 15 is 0 Å². The predicted molar refractivity (Wildman–Crippen MR) is 182 cm³/mol. The number of aliphatic hydroxyl groups is 8. The molecule has 4 aliphatic rings. The Bertz CT molecular complexity index is 1840. The molecule has 0 bridgehead atoms. The van der Waals surface area contributed by atoms with Crippen LogP contribution in [0.3, 0.4) is 0 Å². The van der Waals surface area contributed by atoms with Gasteiger partial charge in [-0.3, -0.25) is 9.48 Å². The number of aromatic nitrogens is 2. The number of nitrogens with zero attached hydrogens (tertiary/aromatic N) is 3. The molecule has 3 aliphatic heterocycles. The van der Waals surface area contributed by atoms with Crippen molar-refractivity contribution in [3.63, 3.8) is 0 Å². The molecule has 1 aliphatic carbocycles. The van der Waals surface area contributed by atoms with Crippen LogP contribution in [0, 0.1) is 23.7 Å². The van der Waals surface area contributed by atoms with E-state index < -0.39 is 79.7 Å². The van der Waals surface area contributed by atoms with E-state index in [0.717, 1.165) is 22.3 Å². The van der Waals surface area contributed by atoms with Crippen LogP contribution in [0.25, 0.3) is 11.1 Å². The zero-order valence-corrected chi connectivity index (χ0v) is 28.3. The number of carbonyl (C=O) groups excluding carboxylic acids is 1. The fourth-order valence-electron chi connectivity index (χ4n) is 7.72. The third-order valence-electron chi connectivity index (χ3n) is 10.7. The van der Waals surface area contributed by atoms with Crippen molar-refractivity contribution in [2.45, 2.75) is 79.3 Å². The highest BCUT2D eigenvalue weighted by molar-refractivity contribution is 5.92. The van der Waals surface area contributed by atoms with Gasteiger partial charge in [-0.15, -0.1) is 0 Å². The van der Waals surface area contributed by atoms with Crippen molar-refractivity contribution in [3.8, 4) is 34.8 Å². The van der Waals surface area contributed by atoms with E-state index in [0.29, 0.717) is 42.8 Å². The molecule has 4 heterocycles. The third-order valence-corrected chi connectivity index (χ3v) is 10.7. The Morgan fingerprint density at radius 2 is 1.23 bits per heavy atom. The van der Waals surface area contributed by atoms with Crippen molar-refractivity contribution in [2.75, 3.05) is 26.3 Å². The summed E-state index contributed by atoms with van der Waals surface area (Å²) in [6.45, 7) is -0.235. The average Bonchev–Trinajstić information content (AvgIpc) is 3.71. The first-order valence-electron chi connectivity index (χ1n) is 17.2. The van der Waals surface area contributed by atoms with Crippen LogP contribution in [0.1, 0.15) is 45.6 Å². The monoisotopic (exact) mass is 715 g/mol. The number of hydrogen-bond donors (Lipinski definition) is 8. The van der Waals surface area contributed by atoms with Crippen LogP contribution in [0.2, 0.25) is 0 Å². The number of rotatable bonds is 3. The predicted octanol–water partition coefficient (Wildman–Crippen LogP) is -1.99. The van der Waals surface area contributed by atoms with Crippen molar-refractivity contribution in [3.05, 3.63) is 76.6 Å². The molecule has 1 aromatic heterocycles. The van der Waals surface area contributed by atoms with E-state index in [4.69, 9.17) is 9.47 Å². The molecule has 52 heavy (non-hydrogen) atoms. The standard InChI is InChI=1S/C38H41N3O11/c1-40-13-10-26(39-40)37(50)41-14-11-38(12-15-41)24-16-20(4-8-27-31(44)35(48)33(46)29(18-42)51-27)2-6-22(24)23-7-3-21(17-25(23)38)5-9-28-32(45)36(49)34(47)30(19-43)52-28/h2-3,6-7,10,13,16-17,27-36,42-49H,11-12,14-15,18-19H2,1H3/t27-,28-,29-,30-,31-,32-,33-,34-,35-,36-/m1/s1. The number of hydrogen-bond acceptors (Lipinski definition) is 12. The number of amides is 1. The SMILES string of the molecule is Cn1ccc(C(=O)N2CCC3(CC2)c2cc(C#C[C@H]4O[C@H](CO)[C@@H](O)[C@H](O)[C@@H]4O)ccc2-c2ccc(C#C[C@H]4O[C@H](CO)[C@@H](O)[C@H](O)[C@@H]4O)cc23)n1. The van der Waals surface area contributed by atoms with Crippen LogP contribution in [0.15, 0.2) is 48.7 Å². The summed E-state index contributed by atoms with van der Waals surface area (Å²) < 4.78 is 12.8. The van der Waals surface area contributed by atoms with Gasteiger partial charge in [0.15, 0.2) is 0 Å². The Hall–Kier alpha value is -4.16. The van der Waals surface area contributed by atoms with Crippen LogP contribution in [0.4, 0.5) is 0 Å². The summed E-state index contributed by atoms with van der Waals surface area (Å²) in [5.41, 5.74) is 4.97. The lowest BCUT2D eigenvalue weighted by molar-refractivity contribution is -0.214. The second kappa shape index (κ2) is 14.3. The molecule has 0 unspecified atom stereocenters. The number of carbonyl (C=O) groups is 1. The van der Waals surface area contributed by atoms with Crippen molar-refractivity contribution in [1.82, 2.24) is 14.7 Å². The molecule has 2 aromatic carbocycles. The fourth-order valence-corrected chi connectivity index (χ4v) is 7.72. The molecule has 14 heteroatoms. The van der Waals surface area contributed by atoms with Gasteiger partial charge in [-0.2, -0.15) is 5.10 Å². The van der Waals surface area contributed by atoms with Gasteiger partial charge in [-0.25, -0.2) is 0 Å². The maximum atomic E-state index is 13.4. The second-order valence-corrected chi connectivity index (χ2v) is 13.8. The smallest absolute Gasteiger partial charge is 0.274 e. The Labute approximate surface area is 299 Å². The van der Waals surface area contributed by atoms with Gasteiger partial charge in [0.05, 0.1) is 13.2 Å². The summed E-state index contributed by atoms with van der Waals surface area (Å²) in [5.74, 6) is 11.6. The highest BCUT2D eigenvalue weighted by atomic mass is 16.5. The van der Waals surface area contributed by atoms with Gasteiger partial charge in [0.1, 0.15) is 66.7 Å². The first-order valence-corrected chi connectivity index (χ1v) is 17.2. The molecule has 3 aromatic rings. The maximum absolute atomic E-state index is 13.4. The van der Waals surface area contributed by atoms with E-state index in [1.165, 1.54) is 0 Å². The van der Waals surface area contributed by atoms with Gasteiger partial charge in [0.2, 0.25) is 0 Å². The Kier molecular flexibility index (Phi) is 9.99. The number of benzene rings is 2. The molecule has 1 spiro atoms. The van der Waals surface area contributed by atoms with Crippen molar-refractivity contribution in [1.29, 1.82) is 0 Å². The molecule has 10 atom stereocenters. The maximum Gasteiger partial charge on any atom is 0.274 e.